The van der Waals surface area contributed by atoms with Crippen molar-refractivity contribution in [3.05, 3.63) is 11.8 Å². The zero-order valence-electron chi connectivity index (χ0n) is 13.4. The van der Waals surface area contributed by atoms with Crippen LogP contribution in [0, 0.1) is 30.1 Å². The zero-order valence-corrected chi connectivity index (χ0v) is 13.4. The Bertz CT molecular complexity index is 601. The number of aryl methyl sites for hydroxylation is 1. The number of carbonyl (C=O) groups excluding carboxylic acids is 2. The van der Waals surface area contributed by atoms with E-state index in [4.69, 9.17) is 4.52 Å². The van der Waals surface area contributed by atoms with Gasteiger partial charge in [0.05, 0.1) is 6.54 Å². The Morgan fingerprint density at radius 3 is 2.35 bits per heavy atom. The molecule has 0 unspecified atom stereocenters. The average Bonchev–Trinajstić information content (AvgIpc) is 2.88. The third kappa shape index (κ3) is 2.75. The Balaban J connectivity index is 1.34. The predicted molar refractivity (Wildman–Crippen MR) is 83.5 cm³/mol. The highest BCUT2D eigenvalue weighted by molar-refractivity contribution is 5.94. The molecule has 0 aliphatic heterocycles. The van der Waals surface area contributed by atoms with Crippen LogP contribution in [0.5, 0.6) is 0 Å². The summed E-state index contributed by atoms with van der Waals surface area (Å²) in [5, 5.41) is 9.21. The van der Waals surface area contributed by atoms with Crippen molar-refractivity contribution in [1.82, 2.24) is 10.5 Å². The lowest BCUT2D eigenvalue weighted by molar-refractivity contribution is -0.146. The number of nitrogens with one attached hydrogen (secondary N) is 2. The van der Waals surface area contributed by atoms with Crippen molar-refractivity contribution >= 4 is 17.6 Å². The first-order valence-electron chi connectivity index (χ1n) is 8.54. The van der Waals surface area contributed by atoms with E-state index < -0.39 is 0 Å². The van der Waals surface area contributed by atoms with Crippen molar-refractivity contribution in [2.75, 3.05) is 11.9 Å². The molecule has 1 aromatic heterocycles. The van der Waals surface area contributed by atoms with E-state index >= 15 is 0 Å². The molecule has 0 spiro atoms. The second-order valence-corrected chi connectivity index (χ2v) is 7.75. The molecule has 0 aromatic carbocycles. The van der Waals surface area contributed by atoms with Crippen LogP contribution in [0.2, 0.25) is 0 Å². The van der Waals surface area contributed by atoms with Crippen LogP contribution in [-0.2, 0) is 9.59 Å². The maximum Gasteiger partial charge on any atom is 0.245 e. The van der Waals surface area contributed by atoms with E-state index in [0.717, 1.165) is 37.0 Å². The van der Waals surface area contributed by atoms with Crippen LogP contribution < -0.4 is 10.6 Å². The van der Waals surface area contributed by atoms with Gasteiger partial charge in [-0.2, -0.15) is 0 Å². The van der Waals surface area contributed by atoms with Crippen molar-refractivity contribution in [2.24, 2.45) is 23.2 Å². The van der Waals surface area contributed by atoms with Crippen molar-refractivity contribution < 1.29 is 14.1 Å². The zero-order chi connectivity index (χ0) is 16.0. The molecule has 23 heavy (non-hydrogen) atoms. The second-order valence-electron chi connectivity index (χ2n) is 7.75. The van der Waals surface area contributed by atoms with Gasteiger partial charge in [0.2, 0.25) is 11.8 Å². The van der Waals surface area contributed by atoms with Crippen LogP contribution in [-0.4, -0.2) is 23.5 Å². The molecule has 4 bridgehead atoms. The smallest absolute Gasteiger partial charge is 0.245 e. The molecule has 0 radical (unpaired) electrons. The maximum atomic E-state index is 12.7. The van der Waals surface area contributed by atoms with Crippen LogP contribution in [0.25, 0.3) is 0 Å². The first-order chi connectivity index (χ1) is 11.0. The fraction of sp³-hybridized carbons (Fsp3) is 0.706. The summed E-state index contributed by atoms with van der Waals surface area (Å²) in [6, 6.07) is 1.65. The molecular weight excluding hydrogens is 294 g/mol. The number of hydrogen-bond donors (Lipinski definition) is 2. The van der Waals surface area contributed by atoms with Gasteiger partial charge < -0.3 is 15.2 Å². The molecule has 0 atom stereocenters. The molecule has 1 aromatic rings. The molecule has 4 aliphatic rings. The summed E-state index contributed by atoms with van der Waals surface area (Å²) in [4.78, 5) is 24.7. The van der Waals surface area contributed by atoms with Gasteiger partial charge in [0.25, 0.3) is 0 Å². The van der Waals surface area contributed by atoms with E-state index in [2.05, 4.69) is 15.8 Å². The Hall–Kier alpha value is -1.85. The summed E-state index contributed by atoms with van der Waals surface area (Å²) in [5.74, 6) is 2.99. The summed E-state index contributed by atoms with van der Waals surface area (Å²) >= 11 is 0. The van der Waals surface area contributed by atoms with Crippen LogP contribution >= 0.6 is 0 Å². The molecule has 124 valence electrons. The van der Waals surface area contributed by atoms with Gasteiger partial charge in [0.1, 0.15) is 5.76 Å². The lowest BCUT2D eigenvalue weighted by atomic mass is 9.49. The minimum atomic E-state index is -0.267. The Kier molecular flexibility index (Phi) is 3.43. The van der Waals surface area contributed by atoms with E-state index in [1.165, 1.54) is 19.3 Å². The molecule has 0 saturated heterocycles. The monoisotopic (exact) mass is 317 g/mol. The van der Waals surface area contributed by atoms with Crippen LogP contribution in [0.4, 0.5) is 5.82 Å². The standard InChI is InChI=1S/C17H23N3O3/c1-10-2-14(20-23-10)19-15(21)9-18-16(22)17-6-11-3-12(7-17)5-13(4-11)8-17/h2,11-13H,3-9H2,1H3,(H,18,22)(H,19,20,21). The van der Waals surface area contributed by atoms with Gasteiger partial charge in [0, 0.05) is 11.5 Å². The maximum absolute atomic E-state index is 12.7. The Labute approximate surface area is 135 Å². The summed E-state index contributed by atoms with van der Waals surface area (Å²) in [6.45, 7) is 1.75. The fourth-order valence-corrected chi connectivity index (χ4v) is 5.35. The second kappa shape index (κ2) is 5.35. The largest absolute Gasteiger partial charge is 0.360 e. The molecule has 2 N–H and O–H groups in total. The minimum Gasteiger partial charge on any atom is -0.360 e. The van der Waals surface area contributed by atoms with Gasteiger partial charge in [-0.25, -0.2) is 0 Å². The van der Waals surface area contributed by atoms with Crippen LogP contribution in [0.15, 0.2) is 10.6 Å². The van der Waals surface area contributed by atoms with Gasteiger partial charge in [0.15, 0.2) is 5.82 Å². The molecule has 1 heterocycles. The summed E-state index contributed by atoms with van der Waals surface area (Å²) < 4.78 is 4.90. The number of aromatic nitrogens is 1. The first-order valence-corrected chi connectivity index (χ1v) is 8.54. The SMILES string of the molecule is Cc1cc(NC(=O)CNC(=O)C23CC4CC(CC(C4)C2)C3)no1. The van der Waals surface area contributed by atoms with Gasteiger partial charge in [-0.1, -0.05) is 5.16 Å². The number of amides is 2. The molecule has 2 amide bonds. The Morgan fingerprint density at radius 1 is 1.22 bits per heavy atom. The normalized spacial score (nSPS) is 34.4. The van der Waals surface area contributed by atoms with Gasteiger partial charge in [-0.3, -0.25) is 9.59 Å². The molecule has 4 saturated carbocycles. The Morgan fingerprint density at radius 2 is 1.83 bits per heavy atom. The molecule has 4 fully saturated rings. The summed E-state index contributed by atoms with van der Waals surface area (Å²) in [5.41, 5.74) is -0.209. The van der Waals surface area contributed by atoms with Crippen molar-refractivity contribution in [1.29, 1.82) is 0 Å². The van der Waals surface area contributed by atoms with Crippen LogP contribution in [0.3, 0.4) is 0 Å². The molecule has 5 rings (SSSR count). The number of rotatable bonds is 4. The van der Waals surface area contributed by atoms with Crippen LogP contribution in [0.1, 0.15) is 44.3 Å². The predicted octanol–water partition coefficient (Wildman–Crippen LogP) is 2.25. The molecular formula is C17H23N3O3. The van der Waals surface area contributed by atoms with Gasteiger partial charge in [-0.05, 0) is 63.2 Å². The number of anilines is 1. The van der Waals surface area contributed by atoms with Crippen molar-refractivity contribution in [2.45, 2.75) is 45.4 Å². The summed E-state index contributed by atoms with van der Waals surface area (Å²) in [6.07, 6.45) is 6.94. The third-order valence-electron chi connectivity index (χ3n) is 5.82. The highest BCUT2D eigenvalue weighted by atomic mass is 16.5. The average molecular weight is 317 g/mol. The molecule has 6 heteroatoms. The molecule has 6 nitrogen and oxygen atoms in total. The molecule has 4 aliphatic carbocycles. The van der Waals surface area contributed by atoms with Gasteiger partial charge >= 0.3 is 0 Å². The lowest BCUT2D eigenvalue weighted by Gasteiger charge is -2.55. The number of hydrogen-bond acceptors (Lipinski definition) is 4. The highest BCUT2D eigenvalue weighted by Gasteiger charge is 2.54. The van der Waals surface area contributed by atoms with E-state index in [1.54, 1.807) is 13.0 Å². The fourth-order valence-electron chi connectivity index (χ4n) is 5.35. The quantitative estimate of drug-likeness (QED) is 0.892. The van der Waals surface area contributed by atoms with E-state index in [1.807, 2.05) is 0 Å². The van der Waals surface area contributed by atoms with E-state index in [-0.39, 0.29) is 23.8 Å². The third-order valence-corrected chi connectivity index (χ3v) is 5.82. The number of nitrogens with zero attached hydrogens (tertiary/aromatic N) is 1. The van der Waals surface area contributed by atoms with Crippen molar-refractivity contribution in [3.8, 4) is 0 Å². The van der Waals surface area contributed by atoms with Gasteiger partial charge in [-0.15, -0.1) is 0 Å². The lowest BCUT2D eigenvalue weighted by Crippen LogP contribution is -2.54. The highest BCUT2D eigenvalue weighted by Crippen LogP contribution is 2.60. The number of carbonyl (C=O) groups is 2. The van der Waals surface area contributed by atoms with Crippen molar-refractivity contribution in [3.63, 3.8) is 0 Å². The minimum absolute atomic E-state index is 0.00745. The topological polar surface area (TPSA) is 84.2 Å². The summed E-state index contributed by atoms with van der Waals surface area (Å²) in [7, 11) is 0. The van der Waals surface area contributed by atoms with E-state index in [9.17, 15) is 9.59 Å². The first kappa shape index (κ1) is 14.7. The van der Waals surface area contributed by atoms with E-state index in [0.29, 0.717) is 11.6 Å².